The van der Waals surface area contributed by atoms with Gasteiger partial charge in [0.2, 0.25) is 0 Å². The number of nitrogens with one attached hydrogen (secondary N) is 2. The van der Waals surface area contributed by atoms with Gasteiger partial charge in [-0.2, -0.15) is 5.01 Å². The van der Waals surface area contributed by atoms with E-state index in [0.29, 0.717) is 38.7 Å². The smallest absolute Gasteiger partial charge is 0.338 e. The molecule has 7 nitrogen and oxygen atoms in total. The summed E-state index contributed by atoms with van der Waals surface area (Å²) in [5.41, 5.74) is 3.59. The Hall–Kier alpha value is -2.46. The van der Waals surface area contributed by atoms with Crippen molar-refractivity contribution in [3.8, 4) is 11.5 Å². The summed E-state index contributed by atoms with van der Waals surface area (Å²) in [6.07, 6.45) is 1.67. The Labute approximate surface area is 211 Å². The zero-order valence-corrected chi connectivity index (χ0v) is 21.1. The van der Waals surface area contributed by atoms with Crippen LogP contribution in [0.15, 0.2) is 41.3 Å². The molecule has 11 heteroatoms. The van der Waals surface area contributed by atoms with Crippen molar-refractivity contribution in [2.24, 2.45) is 0 Å². The average molecular weight is 526 g/mol. The van der Waals surface area contributed by atoms with Crippen LogP contribution in [0.1, 0.15) is 26.3 Å². The van der Waals surface area contributed by atoms with Gasteiger partial charge in [-0.15, -0.1) is 0 Å². The van der Waals surface area contributed by atoms with Crippen molar-refractivity contribution in [3.63, 3.8) is 0 Å². The molecule has 33 heavy (non-hydrogen) atoms. The van der Waals surface area contributed by atoms with Crippen molar-refractivity contribution in [3.05, 3.63) is 56.9 Å². The third-order valence-electron chi connectivity index (χ3n) is 4.11. The summed E-state index contributed by atoms with van der Waals surface area (Å²) in [4.78, 5) is 25.6. The molecule has 0 bridgehead atoms. The number of benzene rings is 2. The van der Waals surface area contributed by atoms with Gasteiger partial charge in [0.25, 0.3) is 5.91 Å². The van der Waals surface area contributed by atoms with Crippen molar-refractivity contribution in [2.45, 2.75) is 26.9 Å². The Morgan fingerprint density at radius 3 is 2.61 bits per heavy atom. The van der Waals surface area contributed by atoms with Crippen molar-refractivity contribution in [1.82, 2.24) is 10.4 Å². The second-order valence-electron chi connectivity index (χ2n) is 7.02. The summed E-state index contributed by atoms with van der Waals surface area (Å²) in [7, 11) is 0. The van der Waals surface area contributed by atoms with Crippen molar-refractivity contribution >= 4 is 75.2 Å². The summed E-state index contributed by atoms with van der Waals surface area (Å²) in [5, 5.41) is 4.25. The lowest BCUT2D eigenvalue weighted by atomic mass is 10.2. The van der Waals surface area contributed by atoms with E-state index < -0.39 is 11.9 Å². The van der Waals surface area contributed by atoms with E-state index in [1.165, 1.54) is 6.07 Å². The van der Waals surface area contributed by atoms with E-state index in [1.54, 1.807) is 30.3 Å². The van der Waals surface area contributed by atoms with Gasteiger partial charge in [0, 0.05) is 5.69 Å². The topological polar surface area (TPSA) is 79.9 Å². The highest BCUT2D eigenvalue weighted by Crippen LogP contribution is 2.34. The summed E-state index contributed by atoms with van der Waals surface area (Å²) < 4.78 is 11.6. The molecule has 0 radical (unpaired) electrons. The molecule has 3 rings (SSSR count). The second kappa shape index (κ2) is 11.1. The molecule has 0 saturated carbocycles. The second-order valence-corrected chi connectivity index (χ2v) is 9.51. The highest BCUT2D eigenvalue weighted by atomic mass is 35.5. The van der Waals surface area contributed by atoms with Gasteiger partial charge in [0.15, 0.2) is 15.8 Å². The van der Waals surface area contributed by atoms with E-state index in [9.17, 15) is 9.59 Å². The molecule has 0 atom stereocenters. The molecule has 0 aromatic heterocycles. The molecule has 1 heterocycles. The molecule has 1 aliphatic heterocycles. The zero-order valence-electron chi connectivity index (χ0n) is 18.0. The third kappa shape index (κ3) is 6.54. The van der Waals surface area contributed by atoms with E-state index in [-0.39, 0.29) is 10.4 Å². The lowest BCUT2D eigenvalue weighted by molar-refractivity contribution is -0.123. The van der Waals surface area contributed by atoms with E-state index in [1.807, 2.05) is 26.8 Å². The Bertz CT molecular complexity index is 1120. The molecular formula is C22H21Cl2N3O4S2. The fourth-order valence-electron chi connectivity index (χ4n) is 2.78. The molecule has 0 unspecified atom stereocenters. The molecule has 2 N–H and O–H groups in total. The van der Waals surface area contributed by atoms with Gasteiger partial charge in [0.05, 0.1) is 27.7 Å². The maximum Gasteiger partial charge on any atom is 0.338 e. The van der Waals surface area contributed by atoms with Gasteiger partial charge < -0.3 is 14.8 Å². The monoisotopic (exact) mass is 525 g/mol. The van der Waals surface area contributed by atoms with E-state index >= 15 is 0 Å². The Kier molecular flexibility index (Phi) is 8.47. The molecule has 0 aliphatic carbocycles. The molecule has 174 valence electrons. The molecule has 1 aliphatic rings. The fraction of sp³-hybridized carbons (Fsp3) is 0.227. The van der Waals surface area contributed by atoms with Crippen LogP contribution in [-0.2, 0) is 4.79 Å². The maximum atomic E-state index is 12.8. The number of carbonyl (C=O) groups excluding carboxylic acids is 2. The number of rotatable bonds is 7. The number of urea groups is 1. The quantitative estimate of drug-likeness (QED) is 0.335. The number of hydrogen-bond acceptors (Lipinski definition) is 6. The number of anilines is 1. The van der Waals surface area contributed by atoms with E-state index in [4.69, 9.17) is 44.9 Å². The minimum Gasteiger partial charge on any atom is -0.490 e. The number of ether oxygens (including phenoxy) is 2. The Morgan fingerprint density at radius 2 is 1.94 bits per heavy atom. The van der Waals surface area contributed by atoms with Crippen molar-refractivity contribution < 1.29 is 19.1 Å². The molecule has 1 saturated heterocycles. The first-order valence-corrected chi connectivity index (χ1v) is 11.9. The summed E-state index contributed by atoms with van der Waals surface area (Å²) in [5.74, 6) is 0.751. The first-order valence-electron chi connectivity index (χ1n) is 9.92. The summed E-state index contributed by atoms with van der Waals surface area (Å²) in [6, 6.07) is 9.38. The predicted octanol–water partition coefficient (Wildman–Crippen LogP) is 6.12. The van der Waals surface area contributed by atoms with Crippen LogP contribution >= 0.6 is 47.2 Å². The minimum atomic E-state index is -0.653. The SMILES string of the molecule is CCOc1cc(/C=C2/SC(=S)N(NC(=O)Nc3ccc(Cl)c(Cl)c3)C2=O)ccc1OC(C)C. The molecule has 0 spiro atoms. The number of hydrazine groups is 1. The van der Waals surface area contributed by atoms with Gasteiger partial charge in [-0.3, -0.25) is 4.79 Å². The minimum absolute atomic E-state index is 0.00701. The van der Waals surface area contributed by atoms with Crippen LogP contribution in [-0.4, -0.2) is 34.0 Å². The number of amides is 3. The van der Waals surface area contributed by atoms with Crippen LogP contribution in [0.3, 0.4) is 0 Å². The van der Waals surface area contributed by atoms with E-state index in [2.05, 4.69) is 10.7 Å². The Balaban J connectivity index is 1.73. The number of carbonyl (C=O) groups is 2. The molecule has 3 amide bonds. The normalized spacial score (nSPS) is 14.7. The lowest BCUT2D eigenvalue weighted by Crippen LogP contribution is -2.46. The number of halogens is 2. The van der Waals surface area contributed by atoms with Gasteiger partial charge in [-0.05, 0) is 75.0 Å². The predicted molar refractivity (Wildman–Crippen MR) is 137 cm³/mol. The summed E-state index contributed by atoms with van der Waals surface area (Å²) >= 11 is 18.2. The first kappa shape index (κ1) is 25.2. The average Bonchev–Trinajstić information content (AvgIpc) is 3.00. The molecule has 2 aromatic rings. The van der Waals surface area contributed by atoms with Crippen molar-refractivity contribution in [1.29, 1.82) is 0 Å². The zero-order chi connectivity index (χ0) is 24.1. The lowest BCUT2D eigenvalue weighted by Gasteiger charge is -2.16. The van der Waals surface area contributed by atoms with Gasteiger partial charge in [0.1, 0.15) is 0 Å². The van der Waals surface area contributed by atoms with Gasteiger partial charge in [-0.25, -0.2) is 10.2 Å². The number of nitrogens with zero attached hydrogens (tertiary/aromatic N) is 1. The van der Waals surface area contributed by atoms with Crippen molar-refractivity contribution in [2.75, 3.05) is 11.9 Å². The van der Waals surface area contributed by atoms with E-state index in [0.717, 1.165) is 22.3 Å². The van der Waals surface area contributed by atoms with Crippen LogP contribution in [0.5, 0.6) is 11.5 Å². The fourth-order valence-corrected chi connectivity index (χ4v) is 4.26. The van der Waals surface area contributed by atoms with Crippen LogP contribution in [0.2, 0.25) is 10.0 Å². The highest BCUT2D eigenvalue weighted by Gasteiger charge is 2.33. The standard InChI is InChI=1S/C22H21Cl2N3O4S2/c1-4-30-18-9-13(5-8-17(18)31-12(2)3)10-19-20(28)27(22(32)33-19)26-21(29)25-14-6-7-15(23)16(24)11-14/h5-12H,4H2,1-3H3,(H2,25,26,29)/b19-10+. The van der Waals surface area contributed by atoms with Crippen LogP contribution in [0, 0.1) is 0 Å². The van der Waals surface area contributed by atoms with Gasteiger partial charge >= 0.3 is 6.03 Å². The number of thiocarbonyl (C=S) groups is 1. The van der Waals surface area contributed by atoms with Crippen LogP contribution < -0.4 is 20.2 Å². The first-order chi connectivity index (χ1) is 15.7. The Morgan fingerprint density at radius 1 is 1.18 bits per heavy atom. The largest absolute Gasteiger partial charge is 0.490 e. The molecular weight excluding hydrogens is 505 g/mol. The third-order valence-corrected chi connectivity index (χ3v) is 6.15. The van der Waals surface area contributed by atoms with Crippen LogP contribution in [0.25, 0.3) is 6.08 Å². The number of thioether (sulfide) groups is 1. The maximum absolute atomic E-state index is 12.8. The molecule has 2 aromatic carbocycles. The molecule has 1 fully saturated rings. The number of hydrogen-bond donors (Lipinski definition) is 2. The highest BCUT2D eigenvalue weighted by molar-refractivity contribution is 8.26. The van der Waals surface area contributed by atoms with Crippen LogP contribution in [0.4, 0.5) is 10.5 Å². The summed E-state index contributed by atoms with van der Waals surface area (Å²) in [6.45, 7) is 6.21. The van der Waals surface area contributed by atoms with Gasteiger partial charge in [-0.1, -0.05) is 41.0 Å².